The summed E-state index contributed by atoms with van der Waals surface area (Å²) in [5.41, 5.74) is -0.977. The minimum atomic E-state index is -4.07. The molecule has 0 aromatic carbocycles. The molecule has 29 heavy (non-hydrogen) atoms. The molecule has 2 aliphatic heterocycles. The van der Waals surface area contributed by atoms with Crippen LogP contribution in [0.2, 0.25) is 0 Å². The molecule has 3 heterocycles. The van der Waals surface area contributed by atoms with E-state index in [1.807, 2.05) is 0 Å². The number of aromatic nitrogens is 4. The molecule has 0 aliphatic carbocycles. The first-order valence-corrected chi connectivity index (χ1v) is 9.45. The molecule has 1 aromatic heterocycles. The summed E-state index contributed by atoms with van der Waals surface area (Å²) in [5.74, 6) is -5.01. The van der Waals surface area contributed by atoms with Crippen molar-refractivity contribution in [2.75, 3.05) is 12.4 Å². The maximum Gasteiger partial charge on any atom is 1.00 e. The van der Waals surface area contributed by atoms with Gasteiger partial charge in [-0.2, -0.15) is 0 Å². The number of amides is 2. The van der Waals surface area contributed by atoms with E-state index in [1.165, 1.54) is 0 Å². The van der Waals surface area contributed by atoms with Gasteiger partial charge in [0, 0.05) is 12.5 Å². The van der Waals surface area contributed by atoms with Crippen LogP contribution in [-0.2, 0) is 40.3 Å². The van der Waals surface area contributed by atoms with Crippen LogP contribution in [0.3, 0.4) is 0 Å². The quantitative estimate of drug-likeness (QED) is 0.245. The van der Waals surface area contributed by atoms with Gasteiger partial charge in [0.1, 0.15) is 25.5 Å². The van der Waals surface area contributed by atoms with Gasteiger partial charge in [-0.05, 0) is 10.4 Å². The van der Waals surface area contributed by atoms with Crippen LogP contribution >= 0.6 is 0 Å². The summed E-state index contributed by atoms with van der Waals surface area (Å²) in [6.45, 7) is 0.0690. The van der Waals surface area contributed by atoms with Crippen molar-refractivity contribution >= 4 is 33.6 Å². The van der Waals surface area contributed by atoms with Crippen LogP contribution < -0.4 is 61.8 Å². The zero-order valence-electron chi connectivity index (χ0n) is 15.3. The average molecular weight is 452 g/mol. The number of rotatable bonds is 6. The number of ether oxygens (including phenoxy) is 1. The number of carbonyl (C=O) groups excluding carboxylic acids is 4. The molecule has 2 atom stereocenters. The summed E-state index contributed by atoms with van der Waals surface area (Å²) < 4.78 is 30.8. The second-order valence-corrected chi connectivity index (χ2v) is 8.08. The van der Waals surface area contributed by atoms with Crippen molar-refractivity contribution in [1.29, 1.82) is 0 Å². The van der Waals surface area contributed by atoms with Crippen LogP contribution in [0.1, 0.15) is 6.92 Å². The molecule has 0 bridgehead atoms. The van der Waals surface area contributed by atoms with Crippen molar-refractivity contribution in [3.05, 3.63) is 17.6 Å². The topological polar surface area (TPSA) is 194 Å². The molecule has 0 radical (unpaired) electrons. The number of hydrogen-bond donors (Lipinski definition) is 1. The summed E-state index contributed by atoms with van der Waals surface area (Å²) in [4.78, 5) is 47.4. The van der Waals surface area contributed by atoms with Crippen LogP contribution in [0, 0.1) is 0 Å². The van der Waals surface area contributed by atoms with Crippen molar-refractivity contribution in [2.24, 2.45) is 0 Å². The third-order valence-electron chi connectivity index (χ3n) is 4.02. The summed E-state index contributed by atoms with van der Waals surface area (Å²) in [7, 11) is -4.07. The number of carboxylic acid groups (broad SMARTS) is 1. The zero-order valence-corrected chi connectivity index (χ0v) is 19.2. The fraction of sp³-hybridized carbons (Fsp3) is 0.462. The van der Waals surface area contributed by atoms with Crippen molar-refractivity contribution in [2.45, 2.75) is 24.9 Å². The number of aliphatic carboxylic acids is 1. The summed E-state index contributed by atoms with van der Waals surface area (Å²) in [5, 5.41) is 22.2. The Hall–Kier alpha value is -1.72. The number of sulfone groups is 1. The fourth-order valence-electron chi connectivity index (χ4n) is 2.93. The number of esters is 1. The maximum atomic E-state index is 12.6. The number of tetrazole rings is 1. The van der Waals surface area contributed by atoms with Crippen molar-refractivity contribution in [1.82, 2.24) is 30.4 Å². The smallest absolute Gasteiger partial charge is 0.543 e. The van der Waals surface area contributed by atoms with E-state index in [0.29, 0.717) is 4.90 Å². The van der Waals surface area contributed by atoms with Gasteiger partial charge in [-0.15, -0.1) is 5.10 Å². The van der Waals surface area contributed by atoms with Gasteiger partial charge in [-0.3, -0.25) is 19.3 Å². The number of carbonyl (C=O) groups is 4. The average Bonchev–Trinajstić information content (AvgIpc) is 3.09. The second-order valence-electron chi connectivity index (χ2n) is 5.98. The zero-order chi connectivity index (χ0) is 20.6. The number of fused-ring (bicyclic) bond motifs is 1. The van der Waals surface area contributed by atoms with Gasteiger partial charge in [-0.25, -0.2) is 13.1 Å². The molecule has 16 heteroatoms. The Morgan fingerprint density at radius 1 is 1.38 bits per heavy atom. The second kappa shape index (κ2) is 8.96. The minimum Gasteiger partial charge on any atom is -0.543 e. The van der Waals surface area contributed by atoms with E-state index in [2.05, 4.69) is 25.6 Å². The predicted molar refractivity (Wildman–Crippen MR) is 82.8 cm³/mol. The first-order chi connectivity index (χ1) is 13.1. The molecule has 150 valence electrons. The van der Waals surface area contributed by atoms with E-state index in [1.54, 1.807) is 0 Å². The number of nitrogens with one attached hydrogen (secondary N) is 1. The van der Waals surface area contributed by atoms with E-state index < -0.39 is 63.1 Å². The Kier molecular flexibility index (Phi) is 7.28. The van der Waals surface area contributed by atoms with E-state index >= 15 is 0 Å². The van der Waals surface area contributed by atoms with Crippen LogP contribution in [0.15, 0.2) is 17.6 Å². The van der Waals surface area contributed by atoms with E-state index in [9.17, 15) is 32.7 Å². The van der Waals surface area contributed by atoms with Gasteiger partial charge in [0.2, 0.25) is 5.91 Å². The number of carboxylic acids is 1. The Bertz CT molecular complexity index is 991. The summed E-state index contributed by atoms with van der Waals surface area (Å²) in [6, 6.07) is -1.47. The molecule has 2 aliphatic rings. The maximum absolute atomic E-state index is 12.6. The number of nitrogens with zero attached hydrogens (tertiary/aromatic N) is 5. The molecule has 14 nitrogen and oxygen atoms in total. The Morgan fingerprint density at radius 3 is 2.62 bits per heavy atom. The normalized spacial score (nSPS) is 22.1. The third kappa shape index (κ3) is 4.72. The summed E-state index contributed by atoms with van der Waals surface area (Å²) >= 11 is 0. The van der Waals surface area contributed by atoms with E-state index in [-0.39, 0.29) is 63.5 Å². The van der Waals surface area contributed by atoms with Gasteiger partial charge >= 0.3 is 57.4 Å². The van der Waals surface area contributed by atoms with Crippen molar-refractivity contribution < 1.29 is 88.8 Å². The molecular weight excluding hydrogens is 439 g/mol. The molecule has 1 fully saturated rings. The van der Waals surface area contributed by atoms with E-state index in [0.717, 1.165) is 17.9 Å². The van der Waals surface area contributed by atoms with Crippen molar-refractivity contribution in [3.63, 3.8) is 0 Å². The molecule has 3 rings (SSSR count). The number of β-lactam (4-membered cyclic amide) rings is 1. The van der Waals surface area contributed by atoms with Crippen LogP contribution in [0.5, 0.6) is 0 Å². The van der Waals surface area contributed by atoms with Gasteiger partial charge in [-0.1, -0.05) is 0 Å². The van der Waals surface area contributed by atoms with Gasteiger partial charge < -0.3 is 20.0 Å². The van der Waals surface area contributed by atoms with Crippen LogP contribution in [-0.4, -0.2) is 81.1 Å². The van der Waals surface area contributed by atoms with Crippen LogP contribution in [0.25, 0.3) is 0 Å². The first kappa shape index (κ1) is 23.6. The fourth-order valence-corrected chi connectivity index (χ4v) is 4.94. The molecule has 0 saturated carbocycles. The first-order valence-electron chi connectivity index (χ1n) is 7.73. The van der Waals surface area contributed by atoms with Crippen molar-refractivity contribution in [3.8, 4) is 0 Å². The van der Waals surface area contributed by atoms with Crippen LogP contribution in [0.4, 0.5) is 0 Å². The molecular formula is C13H13KN6O8S. The molecule has 1 aromatic rings. The molecule has 2 amide bonds. The predicted octanol–water partition coefficient (Wildman–Crippen LogP) is -7.67. The third-order valence-corrected chi connectivity index (χ3v) is 5.99. The van der Waals surface area contributed by atoms with E-state index in [4.69, 9.17) is 0 Å². The minimum absolute atomic E-state index is 0. The summed E-state index contributed by atoms with van der Waals surface area (Å²) in [6.07, 6.45) is 1.14. The largest absolute Gasteiger partial charge is 1.00 e. The molecule has 0 spiro atoms. The SMILES string of the molecule is CC(=O)OCC1=C(C(=O)[O-])N2C(=O)[C@H](NC(=O)Cn3cnnn3)[C@@H]2S(=O)(=O)C1.[K+]. The van der Waals surface area contributed by atoms with Gasteiger partial charge in [0.25, 0.3) is 5.91 Å². The molecule has 1 saturated heterocycles. The Balaban J connectivity index is 0.00000300. The standard InChI is InChI=1S/C13H14N6O8S.K/c1-6(20)27-3-7-4-28(25,26)12-9(11(22)19(12)10(7)13(23)24)15-8(21)2-18-5-14-16-17-18;/h5,9,12H,2-4H2,1H3,(H,15,21)(H,23,24);/q;+1/p-1/t9-,12-;/m0./s1. The Morgan fingerprint density at radius 2 is 2.07 bits per heavy atom. The van der Waals surface area contributed by atoms with Gasteiger partial charge in [0.05, 0.1) is 17.4 Å². The molecule has 1 N–H and O–H groups in total. The monoisotopic (exact) mass is 452 g/mol. The number of hydrogen-bond acceptors (Lipinski definition) is 11. The van der Waals surface area contributed by atoms with Gasteiger partial charge in [0.15, 0.2) is 15.2 Å². The Labute approximate surface area is 206 Å². The molecule has 0 unspecified atom stereocenters.